The highest BCUT2D eigenvalue weighted by atomic mass is 32.2. The number of methoxy groups -OCH3 is 3. The van der Waals surface area contributed by atoms with E-state index in [-0.39, 0.29) is 17.3 Å². The predicted octanol–water partition coefficient (Wildman–Crippen LogP) is 1.99. The molecule has 0 aliphatic carbocycles. The van der Waals surface area contributed by atoms with Crippen LogP contribution in [0.15, 0.2) is 41.3 Å². The Morgan fingerprint density at radius 3 is 2.50 bits per heavy atom. The van der Waals surface area contributed by atoms with Crippen molar-refractivity contribution in [3.05, 3.63) is 42.0 Å². The van der Waals surface area contributed by atoms with E-state index in [0.29, 0.717) is 23.7 Å². The zero-order valence-electron chi connectivity index (χ0n) is 14.8. The molecule has 0 radical (unpaired) electrons. The quantitative estimate of drug-likeness (QED) is 0.827. The summed E-state index contributed by atoms with van der Waals surface area (Å²) in [5.74, 6) is 1.97. The summed E-state index contributed by atoms with van der Waals surface area (Å²) in [6.07, 6.45) is 0.498. The van der Waals surface area contributed by atoms with E-state index in [4.69, 9.17) is 18.9 Å². The lowest BCUT2D eigenvalue weighted by Gasteiger charge is -2.27. The van der Waals surface area contributed by atoms with Crippen molar-refractivity contribution in [3.63, 3.8) is 0 Å². The van der Waals surface area contributed by atoms with Crippen molar-refractivity contribution in [2.45, 2.75) is 17.4 Å². The number of hydrogen-bond acceptors (Lipinski definition) is 6. The Hall–Kier alpha value is -2.45. The monoisotopic (exact) mass is 379 g/mol. The van der Waals surface area contributed by atoms with Gasteiger partial charge in [0.25, 0.3) is 0 Å². The summed E-state index contributed by atoms with van der Waals surface area (Å²) in [5.41, 5.74) is 0.890. The summed E-state index contributed by atoms with van der Waals surface area (Å²) in [6.45, 7) is 0.207. The van der Waals surface area contributed by atoms with Gasteiger partial charge in [-0.15, -0.1) is 0 Å². The summed E-state index contributed by atoms with van der Waals surface area (Å²) in [6, 6.07) is 9.78. The lowest BCUT2D eigenvalue weighted by Crippen LogP contribution is -2.42. The van der Waals surface area contributed by atoms with Crippen molar-refractivity contribution in [2.24, 2.45) is 0 Å². The van der Waals surface area contributed by atoms with Crippen LogP contribution in [0.1, 0.15) is 5.56 Å². The van der Waals surface area contributed by atoms with Crippen LogP contribution in [0.3, 0.4) is 0 Å². The number of ether oxygens (including phenoxy) is 4. The van der Waals surface area contributed by atoms with Gasteiger partial charge in [0.2, 0.25) is 10.0 Å². The molecular formula is C18H21NO6S. The molecule has 3 rings (SSSR count). The van der Waals surface area contributed by atoms with Crippen molar-refractivity contribution >= 4 is 10.0 Å². The molecule has 0 saturated heterocycles. The van der Waals surface area contributed by atoms with Crippen LogP contribution in [-0.2, 0) is 16.4 Å². The molecule has 1 unspecified atom stereocenters. The predicted molar refractivity (Wildman–Crippen MR) is 95.8 cm³/mol. The zero-order chi connectivity index (χ0) is 18.7. The summed E-state index contributed by atoms with van der Waals surface area (Å²) >= 11 is 0. The van der Waals surface area contributed by atoms with E-state index in [9.17, 15) is 8.42 Å². The molecular weight excluding hydrogens is 358 g/mol. The summed E-state index contributed by atoms with van der Waals surface area (Å²) in [7, 11) is 0.653. The minimum atomic E-state index is -3.82. The van der Waals surface area contributed by atoms with Gasteiger partial charge in [0, 0.05) is 6.07 Å². The SMILES string of the molecule is COc1ccc(OC)c(S(=O)(=O)NC2COc3c(cccc3OC)C2)c1. The number of fused-ring (bicyclic) bond motifs is 1. The van der Waals surface area contributed by atoms with E-state index in [1.165, 1.54) is 20.3 Å². The molecule has 26 heavy (non-hydrogen) atoms. The second kappa shape index (κ2) is 7.43. The first-order chi connectivity index (χ1) is 12.5. The Morgan fingerprint density at radius 1 is 1.04 bits per heavy atom. The number of para-hydroxylation sites is 1. The Balaban J connectivity index is 1.85. The average Bonchev–Trinajstić information content (AvgIpc) is 2.66. The van der Waals surface area contributed by atoms with Gasteiger partial charge >= 0.3 is 0 Å². The van der Waals surface area contributed by atoms with Gasteiger partial charge in [-0.25, -0.2) is 13.1 Å². The molecule has 0 spiro atoms. The third-order valence-corrected chi connectivity index (χ3v) is 5.70. The number of rotatable bonds is 6. The molecule has 1 N–H and O–H groups in total. The highest BCUT2D eigenvalue weighted by molar-refractivity contribution is 7.89. The molecule has 0 fully saturated rings. The van der Waals surface area contributed by atoms with E-state index in [1.807, 2.05) is 18.2 Å². The standard InChI is InChI=1S/C18H21NO6S/c1-22-14-7-8-15(23-2)17(10-14)26(20,21)19-13-9-12-5-4-6-16(24-3)18(12)25-11-13/h4-8,10,13,19H,9,11H2,1-3H3. The van der Waals surface area contributed by atoms with Gasteiger partial charge in [0.1, 0.15) is 23.0 Å². The fourth-order valence-electron chi connectivity index (χ4n) is 2.91. The first kappa shape index (κ1) is 18.3. The van der Waals surface area contributed by atoms with Crippen LogP contribution in [0.25, 0.3) is 0 Å². The second-order valence-corrected chi connectivity index (χ2v) is 7.48. The maximum absolute atomic E-state index is 12.9. The van der Waals surface area contributed by atoms with Crippen molar-refractivity contribution in [3.8, 4) is 23.0 Å². The first-order valence-corrected chi connectivity index (χ1v) is 9.50. The van der Waals surface area contributed by atoms with Gasteiger partial charge < -0.3 is 18.9 Å². The first-order valence-electron chi connectivity index (χ1n) is 8.01. The summed E-state index contributed by atoms with van der Waals surface area (Å²) in [5, 5.41) is 0. The second-order valence-electron chi connectivity index (χ2n) is 5.80. The molecule has 1 aliphatic rings. The van der Waals surface area contributed by atoms with E-state index in [2.05, 4.69) is 4.72 Å². The van der Waals surface area contributed by atoms with Gasteiger partial charge in [-0.05, 0) is 30.2 Å². The molecule has 1 atom stereocenters. The summed E-state index contributed by atoms with van der Waals surface area (Å²) in [4.78, 5) is 0.0239. The Morgan fingerprint density at radius 2 is 1.81 bits per heavy atom. The zero-order valence-corrected chi connectivity index (χ0v) is 15.6. The van der Waals surface area contributed by atoms with Gasteiger partial charge in [-0.2, -0.15) is 0 Å². The third kappa shape index (κ3) is 3.56. The smallest absolute Gasteiger partial charge is 0.244 e. The average molecular weight is 379 g/mol. The van der Waals surface area contributed by atoms with Crippen LogP contribution in [0.4, 0.5) is 0 Å². The normalized spacial score (nSPS) is 16.3. The molecule has 0 bridgehead atoms. The Labute approximate surface area is 152 Å². The fraction of sp³-hybridized carbons (Fsp3) is 0.333. The minimum absolute atomic E-state index is 0.0239. The van der Waals surface area contributed by atoms with Crippen LogP contribution < -0.4 is 23.7 Å². The van der Waals surface area contributed by atoms with E-state index in [0.717, 1.165) is 5.56 Å². The molecule has 2 aromatic carbocycles. The van der Waals surface area contributed by atoms with Crippen LogP contribution in [0.2, 0.25) is 0 Å². The Kier molecular flexibility index (Phi) is 5.24. The number of nitrogens with one attached hydrogen (secondary N) is 1. The molecule has 0 amide bonds. The molecule has 140 valence electrons. The van der Waals surface area contributed by atoms with Crippen LogP contribution >= 0.6 is 0 Å². The molecule has 0 saturated carbocycles. The maximum Gasteiger partial charge on any atom is 0.244 e. The maximum atomic E-state index is 12.9. The number of sulfonamides is 1. The van der Waals surface area contributed by atoms with Crippen molar-refractivity contribution in [2.75, 3.05) is 27.9 Å². The molecule has 2 aromatic rings. The molecule has 1 heterocycles. The van der Waals surface area contributed by atoms with Crippen LogP contribution in [0, 0.1) is 0 Å². The third-order valence-electron chi connectivity index (χ3n) is 4.16. The van der Waals surface area contributed by atoms with Gasteiger partial charge in [-0.1, -0.05) is 12.1 Å². The van der Waals surface area contributed by atoms with E-state index < -0.39 is 16.1 Å². The molecule has 1 aliphatic heterocycles. The van der Waals surface area contributed by atoms with Crippen molar-refractivity contribution in [1.29, 1.82) is 0 Å². The lowest BCUT2D eigenvalue weighted by molar-refractivity contribution is 0.240. The largest absolute Gasteiger partial charge is 0.497 e. The molecule has 7 nitrogen and oxygen atoms in total. The van der Waals surface area contributed by atoms with Crippen molar-refractivity contribution < 1.29 is 27.4 Å². The van der Waals surface area contributed by atoms with Gasteiger partial charge in [0.15, 0.2) is 11.5 Å². The lowest BCUT2D eigenvalue weighted by atomic mass is 10.0. The van der Waals surface area contributed by atoms with Crippen molar-refractivity contribution in [1.82, 2.24) is 4.72 Å². The van der Waals surface area contributed by atoms with Crippen LogP contribution in [0.5, 0.6) is 23.0 Å². The minimum Gasteiger partial charge on any atom is -0.497 e. The van der Waals surface area contributed by atoms with E-state index in [1.54, 1.807) is 19.2 Å². The topological polar surface area (TPSA) is 83.1 Å². The van der Waals surface area contributed by atoms with Gasteiger partial charge in [-0.3, -0.25) is 0 Å². The van der Waals surface area contributed by atoms with Crippen LogP contribution in [-0.4, -0.2) is 42.4 Å². The number of hydrogen-bond donors (Lipinski definition) is 1. The Bertz CT molecular complexity index is 897. The molecule has 8 heteroatoms. The van der Waals surface area contributed by atoms with Gasteiger partial charge in [0.05, 0.1) is 27.4 Å². The molecule has 0 aromatic heterocycles. The highest BCUT2D eigenvalue weighted by Gasteiger charge is 2.29. The fourth-order valence-corrected chi connectivity index (χ4v) is 4.31. The summed E-state index contributed by atoms with van der Waals surface area (Å²) < 4.78 is 49.7. The number of benzene rings is 2. The van der Waals surface area contributed by atoms with E-state index >= 15 is 0 Å². The highest BCUT2D eigenvalue weighted by Crippen LogP contribution is 2.35.